The topological polar surface area (TPSA) is 110 Å². The highest BCUT2D eigenvalue weighted by Gasteiger charge is 2.22. The van der Waals surface area contributed by atoms with Crippen LogP contribution in [0.2, 0.25) is 0 Å². The predicted octanol–water partition coefficient (Wildman–Crippen LogP) is 2.93. The van der Waals surface area contributed by atoms with E-state index in [1.807, 2.05) is 25.1 Å². The smallest absolute Gasteiger partial charge is 0.271 e. The van der Waals surface area contributed by atoms with Crippen LogP contribution in [0.5, 0.6) is 0 Å². The molecule has 4 N–H and O–H groups in total. The van der Waals surface area contributed by atoms with Crippen LogP contribution in [-0.4, -0.2) is 31.9 Å². The molecule has 0 bridgehead atoms. The monoisotopic (exact) mass is 328 g/mol. The minimum absolute atomic E-state index is 0. The van der Waals surface area contributed by atoms with Crippen molar-refractivity contribution in [2.24, 2.45) is 0 Å². The van der Waals surface area contributed by atoms with Crippen molar-refractivity contribution in [2.75, 3.05) is 5.73 Å². The highest BCUT2D eigenvalue weighted by atomic mass is 16.2. The predicted molar refractivity (Wildman–Crippen MR) is 97.7 cm³/mol. The van der Waals surface area contributed by atoms with Crippen LogP contribution < -0.4 is 11.1 Å². The van der Waals surface area contributed by atoms with Crippen LogP contribution in [0.25, 0.3) is 22.6 Å². The summed E-state index contributed by atoms with van der Waals surface area (Å²) in [6.45, 7) is 2.01. The van der Waals surface area contributed by atoms with Crippen molar-refractivity contribution in [3.8, 4) is 11.5 Å². The standard InChI is InChI=1S/C17H18N6O.3H2/c1-9-5-6-11-12(7-9)23-16(22-11)14-15(18)19-8-13(21-14)17(24)20-10-3-2-4-10;;;/h5-8,10H,2-4H2,1H3,(H2,18,19)(H,20,24)(H,22,23);3*1H. The first-order valence-electron chi connectivity index (χ1n) is 8.00. The fraction of sp³-hybridized carbons (Fsp3) is 0.294. The first-order valence-corrected chi connectivity index (χ1v) is 8.00. The first kappa shape index (κ1) is 14.6. The van der Waals surface area contributed by atoms with Gasteiger partial charge in [-0.25, -0.2) is 15.0 Å². The minimum Gasteiger partial charge on any atom is -0.382 e. The van der Waals surface area contributed by atoms with Crippen LogP contribution in [0, 0.1) is 6.92 Å². The average molecular weight is 328 g/mol. The van der Waals surface area contributed by atoms with Gasteiger partial charge in [0.05, 0.1) is 17.2 Å². The Morgan fingerprint density at radius 3 is 2.96 bits per heavy atom. The van der Waals surface area contributed by atoms with Crippen molar-refractivity contribution in [1.82, 2.24) is 25.3 Å². The van der Waals surface area contributed by atoms with E-state index in [1.54, 1.807) is 0 Å². The third-order valence-electron chi connectivity index (χ3n) is 4.34. The number of nitrogens with one attached hydrogen (secondary N) is 2. The van der Waals surface area contributed by atoms with Gasteiger partial charge >= 0.3 is 0 Å². The lowest BCUT2D eigenvalue weighted by Gasteiger charge is -2.26. The number of carbonyl (C=O) groups is 1. The number of nitrogens with two attached hydrogens (primary N) is 1. The van der Waals surface area contributed by atoms with E-state index in [4.69, 9.17) is 5.73 Å². The van der Waals surface area contributed by atoms with E-state index in [0.29, 0.717) is 11.5 Å². The molecule has 1 aliphatic carbocycles. The second kappa shape index (κ2) is 5.59. The molecular weight excluding hydrogens is 304 g/mol. The quantitative estimate of drug-likeness (QED) is 0.685. The number of hydrogen-bond donors (Lipinski definition) is 3. The molecule has 2 heterocycles. The van der Waals surface area contributed by atoms with Gasteiger partial charge in [-0.2, -0.15) is 0 Å². The summed E-state index contributed by atoms with van der Waals surface area (Å²) in [6, 6.07) is 6.17. The number of aromatic amines is 1. The van der Waals surface area contributed by atoms with Crippen LogP contribution in [0.3, 0.4) is 0 Å². The number of anilines is 1. The van der Waals surface area contributed by atoms with E-state index in [-0.39, 0.29) is 27.7 Å². The molecule has 0 atom stereocenters. The van der Waals surface area contributed by atoms with Gasteiger partial charge in [-0.3, -0.25) is 4.79 Å². The summed E-state index contributed by atoms with van der Waals surface area (Å²) in [4.78, 5) is 28.5. The van der Waals surface area contributed by atoms with E-state index in [0.717, 1.165) is 35.9 Å². The molecule has 3 aromatic rings. The third-order valence-corrected chi connectivity index (χ3v) is 4.34. The number of carbonyl (C=O) groups excluding carboxylic acids is 1. The van der Waals surface area contributed by atoms with Gasteiger partial charge in [0.2, 0.25) is 0 Å². The molecule has 0 spiro atoms. The number of nitrogens with zero attached hydrogens (tertiary/aromatic N) is 3. The van der Waals surface area contributed by atoms with Crippen molar-refractivity contribution in [1.29, 1.82) is 0 Å². The molecule has 0 aliphatic heterocycles. The number of aromatic nitrogens is 4. The molecule has 128 valence electrons. The Labute approximate surface area is 143 Å². The maximum Gasteiger partial charge on any atom is 0.271 e. The lowest BCUT2D eigenvalue weighted by molar-refractivity contribution is 0.0911. The van der Waals surface area contributed by atoms with E-state index in [2.05, 4.69) is 25.3 Å². The van der Waals surface area contributed by atoms with Crippen molar-refractivity contribution in [3.63, 3.8) is 0 Å². The van der Waals surface area contributed by atoms with Crippen LogP contribution in [0.4, 0.5) is 5.82 Å². The molecule has 2 aromatic heterocycles. The first-order chi connectivity index (χ1) is 11.6. The lowest BCUT2D eigenvalue weighted by Crippen LogP contribution is -2.39. The molecule has 1 aromatic carbocycles. The molecule has 1 fully saturated rings. The molecule has 0 radical (unpaired) electrons. The second-order valence-electron chi connectivity index (χ2n) is 6.20. The fourth-order valence-electron chi connectivity index (χ4n) is 2.73. The fourth-order valence-corrected chi connectivity index (χ4v) is 2.73. The largest absolute Gasteiger partial charge is 0.382 e. The van der Waals surface area contributed by atoms with Crippen LogP contribution >= 0.6 is 0 Å². The van der Waals surface area contributed by atoms with Crippen molar-refractivity contribution in [3.05, 3.63) is 35.7 Å². The molecule has 1 aliphatic rings. The number of imidazole rings is 1. The Morgan fingerprint density at radius 1 is 1.38 bits per heavy atom. The van der Waals surface area contributed by atoms with Gasteiger partial charge in [0.15, 0.2) is 11.6 Å². The van der Waals surface area contributed by atoms with E-state index in [9.17, 15) is 4.79 Å². The summed E-state index contributed by atoms with van der Waals surface area (Å²) in [5.41, 5.74) is 9.44. The summed E-state index contributed by atoms with van der Waals surface area (Å²) < 4.78 is 0. The van der Waals surface area contributed by atoms with Crippen molar-refractivity contribution < 1.29 is 9.07 Å². The van der Waals surface area contributed by atoms with E-state index in [1.165, 1.54) is 6.20 Å². The van der Waals surface area contributed by atoms with Crippen LogP contribution in [0.15, 0.2) is 24.4 Å². The Bertz CT molecular complexity index is 942. The number of H-pyrrole nitrogens is 1. The summed E-state index contributed by atoms with van der Waals surface area (Å²) >= 11 is 0. The molecule has 4 rings (SSSR count). The highest BCUT2D eigenvalue weighted by Crippen LogP contribution is 2.24. The Morgan fingerprint density at radius 2 is 2.21 bits per heavy atom. The molecular formula is C17H24N6O. The molecule has 7 nitrogen and oxygen atoms in total. The number of nitrogen functional groups attached to an aromatic ring is 1. The summed E-state index contributed by atoms with van der Waals surface area (Å²) in [7, 11) is 0. The zero-order chi connectivity index (χ0) is 16.7. The van der Waals surface area contributed by atoms with Crippen molar-refractivity contribution >= 4 is 22.8 Å². The molecule has 1 amide bonds. The van der Waals surface area contributed by atoms with E-state index >= 15 is 0 Å². The van der Waals surface area contributed by atoms with Crippen molar-refractivity contribution in [2.45, 2.75) is 32.2 Å². The summed E-state index contributed by atoms with van der Waals surface area (Å²) in [5.74, 6) is 0.533. The third kappa shape index (κ3) is 2.58. The second-order valence-corrected chi connectivity index (χ2v) is 6.20. The molecule has 0 unspecified atom stereocenters. The minimum atomic E-state index is -0.222. The Hall–Kier alpha value is -2.96. The maximum atomic E-state index is 12.3. The zero-order valence-corrected chi connectivity index (χ0v) is 13.3. The van der Waals surface area contributed by atoms with Gasteiger partial charge in [-0.1, -0.05) is 6.07 Å². The highest BCUT2D eigenvalue weighted by molar-refractivity contribution is 5.93. The molecule has 7 heteroatoms. The van der Waals surface area contributed by atoms with Gasteiger partial charge in [-0.05, 0) is 43.9 Å². The SMILES string of the molecule is Cc1ccc2nc(-c3nc(C(=O)NC4CCC4)cnc3N)[nH]c2c1.[HH].[HH].[HH]. The average Bonchev–Trinajstić information content (AvgIpc) is 2.93. The Kier molecular flexibility index (Phi) is 3.41. The van der Waals surface area contributed by atoms with Gasteiger partial charge in [0.25, 0.3) is 5.91 Å². The molecule has 24 heavy (non-hydrogen) atoms. The Balaban J connectivity index is 0.00000121. The molecule has 0 saturated heterocycles. The van der Waals surface area contributed by atoms with E-state index < -0.39 is 0 Å². The number of rotatable bonds is 3. The van der Waals surface area contributed by atoms with Gasteiger partial charge < -0.3 is 16.0 Å². The number of amides is 1. The van der Waals surface area contributed by atoms with Gasteiger partial charge in [-0.15, -0.1) is 0 Å². The van der Waals surface area contributed by atoms with Gasteiger partial charge in [0, 0.05) is 10.3 Å². The lowest BCUT2D eigenvalue weighted by atomic mass is 9.93. The van der Waals surface area contributed by atoms with Crippen LogP contribution in [0.1, 0.15) is 39.6 Å². The van der Waals surface area contributed by atoms with Crippen LogP contribution in [-0.2, 0) is 0 Å². The normalized spacial score (nSPS) is 14.5. The number of hydrogen-bond acceptors (Lipinski definition) is 5. The number of aryl methyl sites for hydroxylation is 1. The number of fused-ring (bicyclic) bond motifs is 1. The van der Waals surface area contributed by atoms with Gasteiger partial charge in [0.1, 0.15) is 11.4 Å². The number of benzene rings is 1. The summed E-state index contributed by atoms with van der Waals surface area (Å²) in [5, 5.41) is 2.95. The zero-order valence-electron chi connectivity index (χ0n) is 13.3. The molecule has 1 saturated carbocycles. The maximum absolute atomic E-state index is 12.3. The summed E-state index contributed by atoms with van der Waals surface area (Å²) in [6.07, 6.45) is 4.59.